The van der Waals surface area contributed by atoms with Gasteiger partial charge >= 0.3 is 6.01 Å². The van der Waals surface area contributed by atoms with Crippen molar-refractivity contribution in [1.82, 2.24) is 15.0 Å². The Bertz CT molecular complexity index is 404. The van der Waals surface area contributed by atoms with Gasteiger partial charge in [-0.3, -0.25) is 4.98 Å². The summed E-state index contributed by atoms with van der Waals surface area (Å²) in [5.74, 6) is 0.633. The van der Waals surface area contributed by atoms with E-state index in [1.807, 2.05) is 0 Å². The third-order valence-corrected chi connectivity index (χ3v) is 2.00. The van der Waals surface area contributed by atoms with Crippen molar-refractivity contribution in [2.75, 3.05) is 0 Å². The monoisotopic (exact) mass is 299 g/mol. The predicted molar refractivity (Wildman–Crippen MR) is 59.1 cm³/mol. The Balaban J connectivity index is 2.16. The van der Waals surface area contributed by atoms with Gasteiger partial charge in [0.25, 0.3) is 0 Å². The molecular formula is C9H6IN3O. The van der Waals surface area contributed by atoms with Gasteiger partial charge < -0.3 is 4.74 Å². The van der Waals surface area contributed by atoms with Crippen LogP contribution in [0.15, 0.2) is 36.9 Å². The molecular weight excluding hydrogens is 293 g/mol. The zero-order valence-corrected chi connectivity index (χ0v) is 9.25. The lowest BCUT2D eigenvalue weighted by molar-refractivity contribution is 0.439. The van der Waals surface area contributed by atoms with E-state index in [0.29, 0.717) is 11.8 Å². The summed E-state index contributed by atoms with van der Waals surface area (Å²) in [5.41, 5.74) is 0. The van der Waals surface area contributed by atoms with Crippen LogP contribution in [0.2, 0.25) is 0 Å². The van der Waals surface area contributed by atoms with Crippen LogP contribution in [-0.4, -0.2) is 15.0 Å². The van der Waals surface area contributed by atoms with E-state index in [4.69, 9.17) is 4.74 Å². The number of pyridine rings is 1. The number of rotatable bonds is 2. The van der Waals surface area contributed by atoms with Crippen molar-refractivity contribution >= 4 is 22.6 Å². The fourth-order valence-corrected chi connectivity index (χ4v) is 1.14. The lowest BCUT2D eigenvalue weighted by atomic mass is 10.5. The second-order valence-electron chi connectivity index (χ2n) is 2.47. The molecule has 2 aromatic rings. The van der Waals surface area contributed by atoms with Crippen molar-refractivity contribution in [3.05, 3.63) is 40.5 Å². The number of hydrogen-bond donors (Lipinski definition) is 0. The standard InChI is InChI=1S/C9H6IN3O/c10-7-4-12-9(13-5-7)14-8-2-1-3-11-6-8/h1-6H. The van der Waals surface area contributed by atoms with Crippen LogP contribution < -0.4 is 4.74 Å². The summed E-state index contributed by atoms with van der Waals surface area (Å²) in [6, 6.07) is 3.93. The minimum absolute atomic E-state index is 0.332. The maximum Gasteiger partial charge on any atom is 0.321 e. The SMILES string of the molecule is Ic1cnc(Oc2cccnc2)nc1. The molecule has 0 bridgehead atoms. The van der Waals surface area contributed by atoms with Crippen LogP contribution in [-0.2, 0) is 0 Å². The van der Waals surface area contributed by atoms with Gasteiger partial charge in [0.05, 0.1) is 6.20 Å². The molecule has 0 fully saturated rings. The van der Waals surface area contributed by atoms with Gasteiger partial charge in [0.2, 0.25) is 0 Å². The summed E-state index contributed by atoms with van der Waals surface area (Å²) in [5, 5.41) is 0. The van der Waals surface area contributed by atoms with Crippen molar-refractivity contribution in [3.63, 3.8) is 0 Å². The molecule has 0 aliphatic rings. The van der Waals surface area contributed by atoms with Crippen molar-refractivity contribution in [1.29, 1.82) is 0 Å². The zero-order valence-electron chi connectivity index (χ0n) is 7.09. The third kappa shape index (κ3) is 2.38. The number of aromatic nitrogens is 3. The highest BCUT2D eigenvalue weighted by Gasteiger charge is 1.98. The normalized spacial score (nSPS) is 9.79. The van der Waals surface area contributed by atoms with E-state index in [0.717, 1.165) is 3.57 Å². The number of nitrogens with zero attached hydrogens (tertiary/aromatic N) is 3. The van der Waals surface area contributed by atoms with Crippen LogP contribution in [0.3, 0.4) is 0 Å². The Hall–Kier alpha value is -1.24. The molecule has 2 rings (SSSR count). The van der Waals surface area contributed by atoms with Crippen molar-refractivity contribution < 1.29 is 4.74 Å². The van der Waals surface area contributed by atoms with E-state index in [9.17, 15) is 0 Å². The highest BCUT2D eigenvalue weighted by molar-refractivity contribution is 14.1. The van der Waals surface area contributed by atoms with Gasteiger partial charge in [-0.25, -0.2) is 9.97 Å². The van der Waals surface area contributed by atoms with E-state index in [-0.39, 0.29) is 0 Å². The lowest BCUT2D eigenvalue weighted by Crippen LogP contribution is -1.91. The van der Waals surface area contributed by atoms with E-state index in [1.165, 1.54) is 0 Å². The molecule has 0 amide bonds. The Morgan fingerprint density at radius 1 is 1.14 bits per heavy atom. The first-order valence-electron chi connectivity index (χ1n) is 3.90. The van der Waals surface area contributed by atoms with Gasteiger partial charge in [0.15, 0.2) is 0 Å². The van der Waals surface area contributed by atoms with E-state index in [1.54, 1.807) is 36.9 Å². The van der Waals surface area contributed by atoms with Crippen LogP contribution in [0.5, 0.6) is 11.8 Å². The molecule has 70 valence electrons. The van der Waals surface area contributed by atoms with E-state index < -0.39 is 0 Å². The number of ether oxygens (including phenoxy) is 1. The Kier molecular flexibility index (Phi) is 2.87. The minimum Gasteiger partial charge on any atom is -0.423 e. The molecule has 0 saturated heterocycles. The molecule has 0 unspecified atom stereocenters. The topological polar surface area (TPSA) is 47.9 Å². The number of halogens is 1. The van der Waals surface area contributed by atoms with Gasteiger partial charge in [-0.05, 0) is 34.7 Å². The molecule has 0 radical (unpaired) electrons. The minimum atomic E-state index is 0.332. The van der Waals surface area contributed by atoms with Crippen molar-refractivity contribution in [2.45, 2.75) is 0 Å². The average molecular weight is 299 g/mol. The van der Waals surface area contributed by atoms with Crippen LogP contribution >= 0.6 is 22.6 Å². The fraction of sp³-hybridized carbons (Fsp3) is 0. The first-order valence-corrected chi connectivity index (χ1v) is 4.98. The molecule has 14 heavy (non-hydrogen) atoms. The van der Waals surface area contributed by atoms with Gasteiger partial charge in [0.1, 0.15) is 5.75 Å². The molecule has 5 heteroatoms. The Morgan fingerprint density at radius 2 is 1.93 bits per heavy atom. The van der Waals surface area contributed by atoms with Crippen LogP contribution in [0.1, 0.15) is 0 Å². The summed E-state index contributed by atoms with van der Waals surface area (Å²) in [6.07, 6.45) is 6.68. The summed E-state index contributed by atoms with van der Waals surface area (Å²) >= 11 is 2.13. The van der Waals surface area contributed by atoms with E-state index >= 15 is 0 Å². The molecule has 0 aromatic carbocycles. The smallest absolute Gasteiger partial charge is 0.321 e. The molecule has 0 N–H and O–H groups in total. The van der Waals surface area contributed by atoms with Crippen molar-refractivity contribution in [2.24, 2.45) is 0 Å². The average Bonchev–Trinajstić information content (AvgIpc) is 2.23. The first-order chi connectivity index (χ1) is 6.84. The lowest BCUT2D eigenvalue weighted by Gasteiger charge is -2.01. The highest BCUT2D eigenvalue weighted by Crippen LogP contribution is 2.15. The van der Waals surface area contributed by atoms with E-state index in [2.05, 4.69) is 37.5 Å². The molecule has 2 aromatic heterocycles. The third-order valence-electron chi connectivity index (χ3n) is 1.44. The zero-order chi connectivity index (χ0) is 9.80. The highest BCUT2D eigenvalue weighted by atomic mass is 127. The van der Waals surface area contributed by atoms with Gasteiger partial charge in [-0.2, -0.15) is 0 Å². The fourth-order valence-electron chi connectivity index (χ4n) is 0.866. The molecule has 0 atom stereocenters. The quantitative estimate of drug-likeness (QED) is 0.798. The van der Waals surface area contributed by atoms with Gasteiger partial charge in [-0.1, -0.05) is 0 Å². The van der Waals surface area contributed by atoms with Gasteiger partial charge in [0, 0.05) is 22.2 Å². The van der Waals surface area contributed by atoms with Crippen LogP contribution in [0.4, 0.5) is 0 Å². The van der Waals surface area contributed by atoms with Crippen LogP contribution in [0.25, 0.3) is 0 Å². The number of hydrogen-bond acceptors (Lipinski definition) is 4. The maximum absolute atomic E-state index is 5.35. The van der Waals surface area contributed by atoms with Gasteiger partial charge in [-0.15, -0.1) is 0 Å². The molecule has 0 aliphatic carbocycles. The molecule has 0 saturated carbocycles. The summed E-state index contributed by atoms with van der Waals surface area (Å²) < 4.78 is 6.32. The Labute approximate surface area is 94.5 Å². The molecule has 0 aliphatic heterocycles. The molecule has 4 nitrogen and oxygen atoms in total. The Morgan fingerprint density at radius 3 is 2.57 bits per heavy atom. The van der Waals surface area contributed by atoms with Crippen molar-refractivity contribution in [3.8, 4) is 11.8 Å². The van der Waals surface area contributed by atoms with Crippen LogP contribution in [0, 0.1) is 3.57 Å². The summed E-state index contributed by atoms with van der Waals surface area (Å²) in [4.78, 5) is 11.9. The second-order valence-corrected chi connectivity index (χ2v) is 3.72. The molecule has 2 heterocycles. The first kappa shape index (κ1) is 9.32. The molecule has 0 spiro atoms. The maximum atomic E-state index is 5.35. The summed E-state index contributed by atoms with van der Waals surface area (Å²) in [6.45, 7) is 0. The predicted octanol–water partition coefficient (Wildman–Crippen LogP) is 2.27. The second kappa shape index (κ2) is 4.32. The largest absolute Gasteiger partial charge is 0.423 e. The summed E-state index contributed by atoms with van der Waals surface area (Å²) in [7, 11) is 0.